The van der Waals surface area contributed by atoms with Gasteiger partial charge in [-0.05, 0) is 72.6 Å². The van der Waals surface area contributed by atoms with E-state index in [1.165, 1.54) is 26.4 Å². The maximum atomic E-state index is 13.7. The van der Waals surface area contributed by atoms with Crippen molar-refractivity contribution in [2.24, 2.45) is 5.14 Å². The van der Waals surface area contributed by atoms with Crippen LogP contribution in [0.5, 0.6) is 11.5 Å². The van der Waals surface area contributed by atoms with Gasteiger partial charge >= 0.3 is 0 Å². The van der Waals surface area contributed by atoms with E-state index in [0.29, 0.717) is 17.1 Å². The van der Waals surface area contributed by atoms with E-state index in [9.17, 15) is 30.8 Å². The summed E-state index contributed by atoms with van der Waals surface area (Å²) in [6, 6.07) is 12.5. The monoisotopic (exact) mass is 591 g/mol. The molecule has 0 spiro atoms. The number of nitrogens with zero attached hydrogens (tertiary/aromatic N) is 2. The molecule has 1 heterocycles. The van der Waals surface area contributed by atoms with Crippen LogP contribution in [0, 0.1) is 5.82 Å². The van der Waals surface area contributed by atoms with Crippen LogP contribution in [-0.2, 0) is 36.1 Å². The van der Waals surface area contributed by atoms with Crippen LogP contribution in [-0.4, -0.2) is 59.8 Å². The van der Waals surface area contributed by atoms with E-state index in [1.54, 1.807) is 18.2 Å². The molecule has 14 heteroatoms. The summed E-state index contributed by atoms with van der Waals surface area (Å²) in [5, 5.41) is 5.12. The van der Waals surface area contributed by atoms with Crippen molar-refractivity contribution in [1.29, 1.82) is 0 Å². The van der Waals surface area contributed by atoms with E-state index in [4.69, 9.17) is 14.6 Å². The van der Waals surface area contributed by atoms with Gasteiger partial charge in [0.15, 0.2) is 11.5 Å². The molecule has 212 valence electrons. The third-order valence-corrected chi connectivity index (χ3v) is 9.23. The van der Waals surface area contributed by atoms with Crippen LogP contribution in [0.15, 0.2) is 76.5 Å². The normalized spacial score (nSPS) is 16.0. The molecule has 1 saturated heterocycles. The number of amides is 2. The second-order valence-corrected chi connectivity index (χ2v) is 12.3. The molecule has 4 rings (SSSR count). The number of carbonyl (C=O) groups excluding carboxylic acids is 2. The minimum Gasteiger partial charge on any atom is -0.493 e. The Bertz CT molecular complexity index is 1640. The summed E-state index contributed by atoms with van der Waals surface area (Å²) >= 11 is 0. The minimum absolute atomic E-state index is 0.0592. The van der Waals surface area contributed by atoms with Crippen molar-refractivity contribution in [3.63, 3.8) is 0 Å². The van der Waals surface area contributed by atoms with E-state index in [2.05, 4.69) is 0 Å². The van der Waals surface area contributed by atoms with Crippen molar-refractivity contribution in [2.75, 3.05) is 25.7 Å². The summed E-state index contributed by atoms with van der Waals surface area (Å²) in [5.41, 5.74) is 0.730. The molecule has 2 N–H and O–H groups in total. The van der Waals surface area contributed by atoms with Crippen molar-refractivity contribution in [3.05, 3.63) is 78.1 Å². The summed E-state index contributed by atoms with van der Waals surface area (Å²) in [6.07, 6.45) is -0.316. The van der Waals surface area contributed by atoms with Crippen molar-refractivity contribution in [1.82, 2.24) is 4.31 Å². The molecule has 2 amide bonds. The van der Waals surface area contributed by atoms with Crippen LogP contribution < -0.4 is 19.5 Å². The van der Waals surface area contributed by atoms with Gasteiger partial charge in [-0.3, -0.25) is 9.59 Å². The Morgan fingerprint density at radius 3 is 2.08 bits per heavy atom. The highest BCUT2D eigenvalue weighted by atomic mass is 32.2. The molecule has 1 aliphatic rings. The maximum Gasteiger partial charge on any atom is 0.252 e. The number of hydrogen-bond acceptors (Lipinski definition) is 8. The van der Waals surface area contributed by atoms with E-state index >= 15 is 0 Å². The highest BCUT2D eigenvalue weighted by Crippen LogP contribution is 2.31. The van der Waals surface area contributed by atoms with E-state index in [0.717, 1.165) is 45.6 Å². The average Bonchev–Trinajstić information content (AvgIpc) is 3.21. The first-order chi connectivity index (χ1) is 18.9. The lowest BCUT2D eigenvalue weighted by atomic mass is 10.1. The van der Waals surface area contributed by atoms with Gasteiger partial charge in [0.25, 0.3) is 5.91 Å². The molecular formula is C26H26FN3O8S2. The van der Waals surface area contributed by atoms with Crippen LogP contribution in [0.4, 0.5) is 10.1 Å². The zero-order valence-electron chi connectivity index (χ0n) is 21.5. The second kappa shape index (κ2) is 11.3. The first-order valence-corrected chi connectivity index (χ1v) is 14.8. The quantitative estimate of drug-likeness (QED) is 0.352. The number of rotatable bonds is 10. The van der Waals surface area contributed by atoms with Gasteiger partial charge in [-0.25, -0.2) is 31.3 Å². The van der Waals surface area contributed by atoms with Crippen LogP contribution in [0.2, 0.25) is 0 Å². The molecule has 3 aromatic carbocycles. The molecular weight excluding hydrogens is 565 g/mol. The third kappa shape index (κ3) is 5.84. The number of halogens is 1. The zero-order chi connectivity index (χ0) is 29.2. The molecule has 1 aliphatic heterocycles. The fourth-order valence-corrected chi connectivity index (χ4v) is 6.46. The van der Waals surface area contributed by atoms with Crippen molar-refractivity contribution < 1.29 is 40.3 Å². The molecule has 0 aromatic heterocycles. The molecule has 1 atom stereocenters. The Balaban J connectivity index is 1.69. The predicted molar refractivity (Wildman–Crippen MR) is 142 cm³/mol. The van der Waals surface area contributed by atoms with Crippen LogP contribution in [0.25, 0.3) is 0 Å². The standard InChI is InChI=1S/C26H26FN3O8S2/c1-37-23-12-3-17(15-24(23)38-2)13-14-29(40(35,36)21-8-4-18(27)5-9-21)22-16-25(31)30(26(22)32)19-6-10-20(11-7-19)39(28,33)34/h3-12,15,22H,13-14,16H2,1-2H3,(H2,28,33,34). The van der Waals surface area contributed by atoms with Gasteiger partial charge in [-0.15, -0.1) is 0 Å². The summed E-state index contributed by atoms with van der Waals surface area (Å²) in [4.78, 5) is 26.8. The molecule has 1 fully saturated rings. The summed E-state index contributed by atoms with van der Waals surface area (Å²) < 4.78 is 75.6. The Kier molecular flexibility index (Phi) is 8.25. The van der Waals surface area contributed by atoms with Crippen molar-refractivity contribution >= 4 is 37.5 Å². The average molecular weight is 592 g/mol. The molecule has 40 heavy (non-hydrogen) atoms. The summed E-state index contributed by atoms with van der Waals surface area (Å²) in [6.45, 7) is -0.197. The fourth-order valence-electron chi connectivity index (χ4n) is 4.36. The molecule has 3 aromatic rings. The van der Waals surface area contributed by atoms with Crippen molar-refractivity contribution in [3.8, 4) is 11.5 Å². The smallest absolute Gasteiger partial charge is 0.252 e. The molecule has 0 aliphatic carbocycles. The topological polar surface area (TPSA) is 153 Å². The number of ether oxygens (including phenoxy) is 2. The van der Waals surface area contributed by atoms with Gasteiger partial charge in [0.2, 0.25) is 26.0 Å². The first-order valence-electron chi connectivity index (χ1n) is 11.8. The molecule has 0 saturated carbocycles. The summed E-state index contributed by atoms with van der Waals surface area (Å²) in [7, 11) is -5.45. The Morgan fingerprint density at radius 2 is 1.50 bits per heavy atom. The van der Waals surface area contributed by atoms with Crippen LogP contribution in [0.1, 0.15) is 12.0 Å². The van der Waals surface area contributed by atoms with Gasteiger partial charge in [0, 0.05) is 6.54 Å². The molecule has 0 bridgehead atoms. The van der Waals surface area contributed by atoms with Crippen LogP contribution >= 0.6 is 0 Å². The molecule has 1 unspecified atom stereocenters. The number of methoxy groups -OCH3 is 2. The number of anilines is 1. The lowest BCUT2D eigenvalue weighted by molar-refractivity contribution is -0.122. The second-order valence-electron chi connectivity index (χ2n) is 8.84. The fraction of sp³-hybridized carbons (Fsp3) is 0.231. The third-order valence-electron chi connectivity index (χ3n) is 6.38. The van der Waals surface area contributed by atoms with E-state index in [1.807, 2.05) is 0 Å². The van der Waals surface area contributed by atoms with E-state index in [-0.39, 0.29) is 28.4 Å². The summed E-state index contributed by atoms with van der Waals surface area (Å²) in [5.74, 6) is -1.23. The lowest BCUT2D eigenvalue weighted by Crippen LogP contribution is -2.46. The first kappa shape index (κ1) is 29.1. The van der Waals surface area contributed by atoms with E-state index < -0.39 is 50.1 Å². The number of sulfonamides is 2. The predicted octanol–water partition coefficient (Wildman–Crippen LogP) is 2.06. The number of imide groups is 1. The number of hydrogen-bond donors (Lipinski definition) is 1. The number of carbonyl (C=O) groups is 2. The maximum absolute atomic E-state index is 13.7. The largest absolute Gasteiger partial charge is 0.493 e. The van der Waals surface area contributed by atoms with Crippen LogP contribution in [0.3, 0.4) is 0 Å². The van der Waals surface area contributed by atoms with Gasteiger partial charge in [-0.1, -0.05) is 6.07 Å². The Hall–Kier alpha value is -3.85. The Morgan fingerprint density at radius 1 is 0.900 bits per heavy atom. The van der Waals surface area contributed by atoms with Gasteiger partial charge in [-0.2, -0.15) is 4.31 Å². The number of nitrogens with two attached hydrogens (primary N) is 1. The number of primary sulfonamides is 1. The van der Waals surface area contributed by atoms with Gasteiger partial charge in [0.05, 0.1) is 36.1 Å². The lowest BCUT2D eigenvalue weighted by Gasteiger charge is -2.27. The van der Waals surface area contributed by atoms with Crippen molar-refractivity contribution in [2.45, 2.75) is 28.7 Å². The zero-order valence-corrected chi connectivity index (χ0v) is 23.1. The molecule has 11 nitrogen and oxygen atoms in total. The SMILES string of the molecule is COc1ccc(CCN(C2CC(=O)N(c3ccc(S(N)(=O)=O)cc3)C2=O)S(=O)(=O)c2ccc(F)cc2)cc1OC. The Labute approximate surface area is 231 Å². The molecule has 0 radical (unpaired) electrons. The highest BCUT2D eigenvalue weighted by Gasteiger charge is 2.46. The van der Waals surface area contributed by atoms with Gasteiger partial charge < -0.3 is 9.47 Å². The minimum atomic E-state index is -4.37. The highest BCUT2D eigenvalue weighted by molar-refractivity contribution is 7.89. The van der Waals surface area contributed by atoms with Gasteiger partial charge in [0.1, 0.15) is 11.9 Å². The number of benzene rings is 3.